The zero-order valence-corrected chi connectivity index (χ0v) is 21.9. The second-order valence-electron chi connectivity index (χ2n) is 8.42. The van der Waals surface area contributed by atoms with E-state index in [1.165, 1.54) is 30.6 Å². The lowest BCUT2D eigenvalue weighted by molar-refractivity contribution is 0.0365. The lowest BCUT2D eigenvalue weighted by atomic mass is 10.1. The number of hydrogen-bond acceptors (Lipinski definition) is 9. The molecule has 1 aliphatic carbocycles. The van der Waals surface area contributed by atoms with Gasteiger partial charge in [0.1, 0.15) is 11.6 Å². The maximum atomic E-state index is 15.0. The first-order chi connectivity index (χ1) is 17.1. The average molecular weight is 535 g/mol. The number of pyridine rings is 1. The number of anilines is 5. The van der Waals surface area contributed by atoms with E-state index < -0.39 is 21.7 Å². The molecule has 2 aromatic heterocycles. The number of hydroxylamine groups is 1. The number of sulfonamides is 1. The molecule has 0 aliphatic heterocycles. The van der Waals surface area contributed by atoms with Gasteiger partial charge in [-0.3, -0.25) is 13.9 Å². The summed E-state index contributed by atoms with van der Waals surface area (Å²) in [6.07, 6.45) is 4.11. The van der Waals surface area contributed by atoms with Crippen LogP contribution in [0.1, 0.15) is 47.3 Å². The molecule has 2 heterocycles. The Morgan fingerprint density at radius 3 is 2.61 bits per heavy atom. The van der Waals surface area contributed by atoms with Crippen molar-refractivity contribution in [2.75, 3.05) is 34.8 Å². The molecule has 1 aliphatic rings. The Balaban J connectivity index is 1.77. The molecule has 1 amide bonds. The molecule has 1 fully saturated rings. The minimum Gasteiger partial charge on any atom is -0.353 e. The zero-order chi connectivity index (χ0) is 26.0. The van der Waals surface area contributed by atoms with E-state index in [-0.39, 0.29) is 35.2 Å². The number of halogens is 1. The van der Waals surface area contributed by atoms with Crippen molar-refractivity contribution in [1.82, 2.24) is 15.4 Å². The van der Waals surface area contributed by atoms with Crippen LogP contribution in [0.2, 0.25) is 0 Å². The third-order valence-electron chi connectivity index (χ3n) is 5.55. The van der Waals surface area contributed by atoms with Crippen molar-refractivity contribution in [3.05, 3.63) is 52.4 Å². The number of aryl methyl sites for hydroxylation is 1. The summed E-state index contributed by atoms with van der Waals surface area (Å²) in [5.74, 6) is -0.571. The number of benzene rings is 1. The molecule has 3 aromatic rings. The van der Waals surface area contributed by atoms with Crippen molar-refractivity contribution in [2.45, 2.75) is 32.6 Å². The number of nitrogens with one attached hydrogen (secondary N) is 3. The number of nitrogens with zero attached hydrogens (tertiary/aromatic N) is 3. The van der Waals surface area contributed by atoms with Crippen molar-refractivity contribution in [3.63, 3.8) is 0 Å². The molecule has 36 heavy (non-hydrogen) atoms. The number of thiazole rings is 1. The Kier molecular flexibility index (Phi) is 7.43. The van der Waals surface area contributed by atoms with Gasteiger partial charge >= 0.3 is 0 Å². The molecule has 192 valence electrons. The Hall–Kier alpha value is -3.29. The molecule has 0 unspecified atom stereocenters. The number of amides is 1. The fourth-order valence-electron chi connectivity index (χ4n) is 3.49. The largest absolute Gasteiger partial charge is 0.353 e. The van der Waals surface area contributed by atoms with Crippen LogP contribution in [-0.4, -0.2) is 44.2 Å². The van der Waals surface area contributed by atoms with Gasteiger partial charge in [-0.15, -0.1) is 11.3 Å². The maximum absolute atomic E-state index is 15.0. The SMILES string of the molecule is CCONC(=O)c1cnc(Nc2nc(C)cs2)cc1Nc1cc(F)c(C2CC2)cc1N(C)S(C)(=O)=O. The summed E-state index contributed by atoms with van der Waals surface area (Å²) in [4.78, 5) is 26.4. The average Bonchev–Trinajstić information content (AvgIpc) is 3.58. The highest BCUT2D eigenvalue weighted by molar-refractivity contribution is 7.92. The second-order valence-corrected chi connectivity index (χ2v) is 11.3. The quantitative estimate of drug-likeness (QED) is 0.326. The summed E-state index contributed by atoms with van der Waals surface area (Å²) in [5, 5.41) is 8.61. The Morgan fingerprint density at radius 2 is 2.00 bits per heavy atom. The molecule has 10 nitrogen and oxygen atoms in total. The molecular formula is C23H27FN6O4S2. The van der Waals surface area contributed by atoms with Crippen LogP contribution in [0.15, 0.2) is 29.8 Å². The van der Waals surface area contributed by atoms with Gasteiger partial charge in [0, 0.05) is 24.7 Å². The fraction of sp³-hybridized carbons (Fsp3) is 0.348. The molecule has 0 spiro atoms. The number of carbonyl (C=O) groups is 1. The number of rotatable bonds is 10. The van der Waals surface area contributed by atoms with Crippen LogP contribution in [0.25, 0.3) is 0 Å². The van der Waals surface area contributed by atoms with Crippen LogP contribution in [0.4, 0.5) is 32.4 Å². The predicted molar refractivity (Wildman–Crippen MR) is 138 cm³/mol. The molecule has 0 atom stereocenters. The predicted octanol–water partition coefficient (Wildman–Crippen LogP) is 4.43. The molecular weight excluding hydrogens is 507 g/mol. The highest BCUT2D eigenvalue weighted by atomic mass is 32.2. The van der Waals surface area contributed by atoms with Crippen molar-refractivity contribution < 1.29 is 22.4 Å². The van der Waals surface area contributed by atoms with Crippen molar-refractivity contribution in [2.24, 2.45) is 0 Å². The Labute approximate surface area is 212 Å². The van der Waals surface area contributed by atoms with Gasteiger partial charge in [0.2, 0.25) is 10.0 Å². The van der Waals surface area contributed by atoms with Gasteiger partial charge in [-0.1, -0.05) is 0 Å². The smallest absolute Gasteiger partial charge is 0.278 e. The monoisotopic (exact) mass is 534 g/mol. The summed E-state index contributed by atoms with van der Waals surface area (Å²) in [5.41, 5.74) is 4.45. The highest BCUT2D eigenvalue weighted by Crippen LogP contribution is 2.45. The number of hydrogen-bond donors (Lipinski definition) is 3. The van der Waals surface area contributed by atoms with Crippen LogP contribution in [-0.2, 0) is 14.9 Å². The third kappa shape index (κ3) is 5.91. The molecule has 1 aromatic carbocycles. The first-order valence-corrected chi connectivity index (χ1v) is 13.9. The van der Waals surface area contributed by atoms with Crippen LogP contribution in [0, 0.1) is 12.7 Å². The topological polar surface area (TPSA) is 126 Å². The van der Waals surface area contributed by atoms with E-state index in [1.807, 2.05) is 12.3 Å². The van der Waals surface area contributed by atoms with E-state index in [9.17, 15) is 13.2 Å². The summed E-state index contributed by atoms with van der Waals surface area (Å²) in [7, 11) is -2.25. The third-order valence-corrected chi connectivity index (χ3v) is 7.62. The fourth-order valence-corrected chi connectivity index (χ4v) is 4.69. The van der Waals surface area contributed by atoms with Gasteiger partial charge in [0.05, 0.1) is 41.2 Å². The molecule has 13 heteroatoms. The lowest BCUT2D eigenvalue weighted by Crippen LogP contribution is -2.26. The first kappa shape index (κ1) is 25.8. The minimum atomic E-state index is -3.65. The van der Waals surface area contributed by atoms with Crippen LogP contribution < -0.4 is 20.4 Å². The normalized spacial score (nSPS) is 13.4. The molecule has 0 radical (unpaired) electrons. The molecule has 4 rings (SSSR count). The van der Waals surface area contributed by atoms with Crippen molar-refractivity contribution in [1.29, 1.82) is 0 Å². The summed E-state index contributed by atoms with van der Waals surface area (Å²) in [6.45, 7) is 3.84. The number of carbonyl (C=O) groups excluding carboxylic acids is 1. The van der Waals surface area contributed by atoms with E-state index in [4.69, 9.17) is 4.84 Å². The van der Waals surface area contributed by atoms with Crippen LogP contribution in [0.5, 0.6) is 0 Å². The maximum Gasteiger partial charge on any atom is 0.278 e. The van der Waals surface area contributed by atoms with Gasteiger partial charge in [-0.2, -0.15) is 0 Å². The van der Waals surface area contributed by atoms with E-state index in [2.05, 4.69) is 26.1 Å². The zero-order valence-electron chi connectivity index (χ0n) is 20.3. The van der Waals surface area contributed by atoms with E-state index in [0.717, 1.165) is 29.1 Å². The van der Waals surface area contributed by atoms with E-state index in [1.54, 1.807) is 19.1 Å². The van der Waals surface area contributed by atoms with Gasteiger partial charge in [-0.05, 0) is 50.3 Å². The van der Waals surface area contributed by atoms with Crippen molar-refractivity contribution in [3.8, 4) is 0 Å². The van der Waals surface area contributed by atoms with Crippen LogP contribution in [0.3, 0.4) is 0 Å². The minimum absolute atomic E-state index is 0.0665. The van der Waals surface area contributed by atoms with E-state index in [0.29, 0.717) is 16.5 Å². The summed E-state index contributed by atoms with van der Waals surface area (Å²) in [6, 6.07) is 4.37. The van der Waals surface area contributed by atoms with E-state index >= 15 is 4.39 Å². The molecule has 3 N–H and O–H groups in total. The first-order valence-electron chi connectivity index (χ1n) is 11.2. The number of aromatic nitrogens is 2. The van der Waals surface area contributed by atoms with Gasteiger partial charge < -0.3 is 10.6 Å². The van der Waals surface area contributed by atoms with Crippen molar-refractivity contribution >= 4 is 55.3 Å². The standard InChI is InChI=1S/C23H27FN6O4S2/c1-5-34-29-22(31)16-11-25-21(28-23-26-13(2)12-35-23)10-18(16)27-19-9-17(24)15(14-6-7-14)8-20(19)30(3)36(4,32)33/h8-12,14H,5-7H2,1-4H3,(H,29,31)(H2,25,26,27,28). The second kappa shape index (κ2) is 10.4. The molecule has 0 saturated heterocycles. The summed E-state index contributed by atoms with van der Waals surface area (Å²) < 4.78 is 40.9. The highest BCUT2D eigenvalue weighted by Gasteiger charge is 2.29. The Bertz CT molecular complexity index is 1390. The van der Waals surface area contributed by atoms with Gasteiger partial charge in [0.15, 0.2) is 5.13 Å². The van der Waals surface area contributed by atoms with Gasteiger partial charge in [0.25, 0.3) is 5.91 Å². The summed E-state index contributed by atoms with van der Waals surface area (Å²) >= 11 is 1.39. The molecule has 0 bridgehead atoms. The molecule has 1 saturated carbocycles. The Morgan fingerprint density at radius 1 is 1.25 bits per heavy atom. The van der Waals surface area contributed by atoms with Crippen LogP contribution >= 0.6 is 11.3 Å². The van der Waals surface area contributed by atoms with Gasteiger partial charge in [-0.25, -0.2) is 28.3 Å². The lowest BCUT2D eigenvalue weighted by Gasteiger charge is -2.23.